The van der Waals surface area contributed by atoms with E-state index in [0.29, 0.717) is 0 Å². The van der Waals surface area contributed by atoms with Crippen LogP contribution in [-0.4, -0.2) is 51.2 Å². The minimum Gasteiger partial charge on any atom is -0.375 e. The zero-order valence-electron chi connectivity index (χ0n) is 12.4. The molecule has 4 heteroatoms. The second-order valence-corrected chi connectivity index (χ2v) is 5.58. The van der Waals surface area contributed by atoms with Crippen molar-refractivity contribution in [3.63, 3.8) is 0 Å². The van der Waals surface area contributed by atoms with Gasteiger partial charge in [-0.15, -0.1) is 0 Å². The van der Waals surface area contributed by atoms with E-state index in [1.165, 1.54) is 5.56 Å². The summed E-state index contributed by atoms with van der Waals surface area (Å²) in [6.07, 6.45) is 2.11. The molecule has 1 N–H and O–H groups in total. The first-order valence-electron chi connectivity index (χ1n) is 7.17. The maximum absolute atomic E-state index is 12.0. The van der Waals surface area contributed by atoms with Gasteiger partial charge in [0.15, 0.2) is 0 Å². The van der Waals surface area contributed by atoms with Crippen molar-refractivity contribution in [2.75, 3.05) is 40.4 Å². The molecule has 1 aromatic carbocycles. The Bertz CT molecular complexity index is 427. The SMILES string of the molecule is COCC(=O)N(C)CC1(c2ccccc2)CCNCC1. The zero-order chi connectivity index (χ0) is 14.4. The van der Waals surface area contributed by atoms with E-state index in [9.17, 15) is 4.79 Å². The molecule has 0 bridgehead atoms. The summed E-state index contributed by atoms with van der Waals surface area (Å²) in [5.41, 5.74) is 1.39. The van der Waals surface area contributed by atoms with Crippen LogP contribution in [0.4, 0.5) is 0 Å². The van der Waals surface area contributed by atoms with Gasteiger partial charge in [0.1, 0.15) is 6.61 Å². The molecule has 0 atom stereocenters. The van der Waals surface area contributed by atoms with Crippen LogP contribution >= 0.6 is 0 Å². The molecular weight excluding hydrogens is 252 g/mol. The van der Waals surface area contributed by atoms with E-state index in [4.69, 9.17) is 4.74 Å². The van der Waals surface area contributed by atoms with E-state index in [1.807, 2.05) is 18.0 Å². The molecule has 0 aromatic heterocycles. The highest BCUT2D eigenvalue weighted by Gasteiger charge is 2.35. The molecule has 1 fully saturated rings. The fourth-order valence-corrected chi connectivity index (χ4v) is 3.01. The van der Waals surface area contributed by atoms with Gasteiger partial charge in [0, 0.05) is 26.1 Å². The van der Waals surface area contributed by atoms with Crippen molar-refractivity contribution in [1.29, 1.82) is 0 Å². The molecule has 1 amide bonds. The number of hydrogen-bond donors (Lipinski definition) is 1. The highest BCUT2D eigenvalue weighted by atomic mass is 16.5. The number of nitrogens with zero attached hydrogens (tertiary/aromatic N) is 1. The van der Waals surface area contributed by atoms with Crippen molar-refractivity contribution >= 4 is 5.91 Å². The molecule has 1 saturated heterocycles. The van der Waals surface area contributed by atoms with Gasteiger partial charge in [0.2, 0.25) is 5.91 Å². The summed E-state index contributed by atoms with van der Waals surface area (Å²) in [5.74, 6) is 0.0429. The summed E-state index contributed by atoms with van der Waals surface area (Å²) >= 11 is 0. The van der Waals surface area contributed by atoms with Gasteiger partial charge in [0.05, 0.1) is 0 Å². The smallest absolute Gasteiger partial charge is 0.248 e. The third kappa shape index (κ3) is 3.38. The molecule has 110 valence electrons. The molecule has 1 aromatic rings. The number of amides is 1. The van der Waals surface area contributed by atoms with E-state index < -0.39 is 0 Å². The fraction of sp³-hybridized carbons (Fsp3) is 0.562. The molecule has 0 unspecified atom stereocenters. The summed E-state index contributed by atoms with van der Waals surface area (Å²) in [7, 11) is 3.43. The fourth-order valence-electron chi connectivity index (χ4n) is 3.01. The molecule has 1 aliphatic heterocycles. The Labute approximate surface area is 121 Å². The third-order valence-electron chi connectivity index (χ3n) is 4.18. The van der Waals surface area contributed by atoms with E-state index >= 15 is 0 Å². The van der Waals surface area contributed by atoms with E-state index in [0.717, 1.165) is 32.5 Å². The number of nitrogens with one attached hydrogen (secondary N) is 1. The molecule has 0 spiro atoms. The minimum atomic E-state index is 0.0429. The zero-order valence-corrected chi connectivity index (χ0v) is 12.4. The molecular formula is C16H24N2O2. The molecule has 0 aliphatic carbocycles. The number of rotatable bonds is 5. The number of likely N-dealkylation sites (N-methyl/N-ethyl adjacent to an activating group) is 1. The van der Waals surface area contributed by atoms with Gasteiger partial charge in [0.25, 0.3) is 0 Å². The van der Waals surface area contributed by atoms with E-state index in [2.05, 4.69) is 29.6 Å². The molecule has 1 aliphatic rings. The normalized spacial score (nSPS) is 17.7. The first-order valence-corrected chi connectivity index (χ1v) is 7.17. The van der Waals surface area contributed by atoms with Crippen molar-refractivity contribution in [2.45, 2.75) is 18.3 Å². The minimum absolute atomic E-state index is 0.0429. The van der Waals surface area contributed by atoms with Crippen molar-refractivity contribution in [3.05, 3.63) is 35.9 Å². The van der Waals surface area contributed by atoms with Crippen LogP contribution < -0.4 is 5.32 Å². The number of benzene rings is 1. The molecule has 4 nitrogen and oxygen atoms in total. The number of methoxy groups -OCH3 is 1. The van der Waals surface area contributed by atoms with Crippen LogP contribution in [0.1, 0.15) is 18.4 Å². The Morgan fingerprint density at radius 2 is 1.95 bits per heavy atom. The predicted octanol–water partition coefficient (Wildman–Crippen LogP) is 1.41. The summed E-state index contributed by atoms with van der Waals surface area (Å²) in [5, 5.41) is 3.41. The lowest BCUT2D eigenvalue weighted by atomic mass is 9.73. The number of carbonyl (C=O) groups excluding carboxylic acids is 1. The maximum atomic E-state index is 12.0. The van der Waals surface area contributed by atoms with Crippen molar-refractivity contribution in [3.8, 4) is 0 Å². The van der Waals surface area contributed by atoms with Crippen molar-refractivity contribution < 1.29 is 9.53 Å². The summed E-state index contributed by atoms with van der Waals surface area (Å²) in [6.45, 7) is 2.91. The Kier molecular flexibility index (Phi) is 5.15. The van der Waals surface area contributed by atoms with Gasteiger partial charge in [-0.3, -0.25) is 4.79 Å². The largest absolute Gasteiger partial charge is 0.375 e. The Morgan fingerprint density at radius 3 is 2.55 bits per heavy atom. The van der Waals surface area contributed by atoms with Crippen LogP contribution in [0.3, 0.4) is 0 Å². The Balaban J connectivity index is 2.18. The summed E-state index contributed by atoms with van der Waals surface area (Å²) < 4.78 is 4.95. The lowest BCUT2D eigenvalue weighted by molar-refractivity contribution is -0.134. The van der Waals surface area contributed by atoms with Crippen molar-refractivity contribution in [1.82, 2.24) is 10.2 Å². The maximum Gasteiger partial charge on any atom is 0.248 e. The number of carbonyl (C=O) groups is 1. The predicted molar refractivity (Wildman–Crippen MR) is 79.7 cm³/mol. The Hall–Kier alpha value is -1.39. The number of ether oxygens (including phenoxy) is 1. The molecule has 0 saturated carbocycles. The highest BCUT2D eigenvalue weighted by Crippen LogP contribution is 2.34. The lowest BCUT2D eigenvalue weighted by Crippen LogP contribution is -2.48. The van der Waals surface area contributed by atoms with Crippen LogP contribution in [0.5, 0.6) is 0 Å². The van der Waals surface area contributed by atoms with Gasteiger partial charge in [-0.2, -0.15) is 0 Å². The molecule has 1 heterocycles. The van der Waals surface area contributed by atoms with Crippen molar-refractivity contribution in [2.24, 2.45) is 0 Å². The molecule has 20 heavy (non-hydrogen) atoms. The van der Waals surface area contributed by atoms with Crippen LogP contribution in [-0.2, 0) is 14.9 Å². The monoisotopic (exact) mass is 276 g/mol. The second-order valence-electron chi connectivity index (χ2n) is 5.58. The number of piperidine rings is 1. The third-order valence-corrected chi connectivity index (χ3v) is 4.18. The lowest BCUT2D eigenvalue weighted by Gasteiger charge is -2.41. The van der Waals surface area contributed by atoms with Crippen LogP contribution in [0, 0.1) is 0 Å². The van der Waals surface area contributed by atoms with Crippen LogP contribution in [0.15, 0.2) is 30.3 Å². The summed E-state index contributed by atoms with van der Waals surface area (Å²) in [6, 6.07) is 10.6. The van der Waals surface area contributed by atoms with Gasteiger partial charge in [-0.05, 0) is 31.5 Å². The summed E-state index contributed by atoms with van der Waals surface area (Å²) in [4.78, 5) is 13.8. The average Bonchev–Trinajstić information content (AvgIpc) is 2.49. The number of hydrogen-bond acceptors (Lipinski definition) is 3. The average molecular weight is 276 g/mol. The molecule has 2 rings (SSSR count). The second kappa shape index (κ2) is 6.86. The van der Waals surface area contributed by atoms with Crippen LogP contribution in [0.2, 0.25) is 0 Å². The van der Waals surface area contributed by atoms with Gasteiger partial charge in [-0.25, -0.2) is 0 Å². The van der Waals surface area contributed by atoms with E-state index in [1.54, 1.807) is 7.11 Å². The van der Waals surface area contributed by atoms with E-state index in [-0.39, 0.29) is 17.9 Å². The quantitative estimate of drug-likeness (QED) is 0.884. The first kappa shape index (κ1) is 15.0. The first-order chi connectivity index (χ1) is 9.68. The Morgan fingerprint density at radius 1 is 1.30 bits per heavy atom. The highest BCUT2D eigenvalue weighted by molar-refractivity contribution is 5.77. The van der Waals surface area contributed by atoms with Gasteiger partial charge in [-0.1, -0.05) is 30.3 Å². The standard InChI is InChI=1S/C16H24N2O2/c1-18(15(19)12-20-2)13-16(8-10-17-11-9-16)14-6-4-3-5-7-14/h3-7,17H,8-13H2,1-2H3. The van der Waals surface area contributed by atoms with Gasteiger partial charge >= 0.3 is 0 Å². The molecule has 0 radical (unpaired) electrons. The van der Waals surface area contributed by atoms with Gasteiger partial charge < -0.3 is 15.0 Å². The topological polar surface area (TPSA) is 41.6 Å². The van der Waals surface area contributed by atoms with Crippen LogP contribution in [0.25, 0.3) is 0 Å².